The minimum atomic E-state index is -0.00801. The van der Waals surface area contributed by atoms with Crippen LogP contribution in [0, 0.1) is 0 Å². The lowest BCUT2D eigenvalue weighted by Gasteiger charge is -2.25. The molecule has 0 spiro atoms. The van der Waals surface area contributed by atoms with E-state index in [-0.39, 0.29) is 11.9 Å². The topological polar surface area (TPSA) is 59.2 Å². The monoisotopic (exact) mass is 345 g/mol. The standard InChI is InChI=1S/C16H16BrN3O/c17-12-5-6-13(14(18)9-12)16(21)20-8-2-4-15(20)11-3-1-7-19-10-11/h1,3,5-7,9-10,15H,2,4,8,18H2. The van der Waals surface area contributed by atoms with Gasteiger partial charge in [-0.05, 0) is 42.7 Å². The largest absolute Gasteiger partial charge is 0.398 e. The van der Waals surface area contributed by atoms with Crippen molar-refractivity contribution in [1.82, 2.24) is 9.88 Å². The summed E-state index contributed by atoms with van der Waals surface area (Å²) in [5, 5.41) is 0. The van der Waals surface area contributed by atoms with Gasteiger partial charge in [-0.3, -0.25) is 9.78 Å². The minimum Gasteiger partial charge on any atom is -0.398 e. The number of amides is 1. The van der Waals surface area contributed by atoms with Gasteiger partial charge in [0, 0.05) is 29.1 Å². The number of carbonyl (C=O) groups is 1. The number of aromatic nitrogens is 1. The van der Waals surface area contributed by atoms with Crippen LogP contribution < -0.4 is 5.73 Å². The Morgan fingerprint density at radius 1 is 1.38 bits per heavy atom. The van der Waals surface area contributed by atoms with Crippen LogP contribution in [0.2, 0.25) is 0 Å². The summed E-state index contributed by atoms with van der Waals surface area (Å²) in [6.45, 7) is 0.758. The molecular formula is C16H16BrN3O. The predicted octanol–water partition coefficient (Wildman–Crippen LogP) is 3.40. The Balaban J connectivity index is 1.90. The van der Waals surface area contributed by atoms with E-state index < -0.39 is 0 Å². The molecule has 1 aliphatic rings. The first-order valence-corrected chi connectivity index (χ1v) is 7.72. The van der Waals surface area contributed by atoms with Gasteiger partial charge in [0.05, 0.1) is 11.6 Å². The summed E-state index contributed by atoms with van der Waals surface area (Å²) in [6, 6.07) is 9.41. The first-order chi connectivity index (χ1) is 10.2. The van der Waals surface area contributed by atoms with Crippen LogP contribution in [0.1, 0.15) is 34.8 Å². The van der Waals surface area contributed by atoms with Gasteiger partial charge in [-0.1, -0.05) is 22.0 Å². The van der Waals surface area contributed by atoms with Crippen LogP contribution in [0.15, 0.2) is 47.2 Å². The molecule has 1 aromatic carbocycles. The van der Waals surface area contributed by atoms with E-state index >= 15 is 0 Å². The zero-order valence-corrected chi connectivity index (χ0v) is 13.1. The molecule has 1 amide bonds. The Bertz CT molecular complexity index is 660. The maximum Gasteiger partial charge on any atom is 0.256 e. The molecule has 2 N–H and O–H groups in total. The zero-order chi connectivity index (χ0) is 14.8. The van der Waals surface area contributed by atoms with Crippen LogP contribution in [0.3, 0.4) is 0 Å². The van der Waals surface area contributed by atoms with Crippen molar-refractivity contribution >= 4 is 27.5 Å². The van der Waals surface area contributed by atoms with E-state index in [4.69, 9.17) is 5.73 Å². The SMILES string of the molecule is Nc1cc(Br)ccc1C(=O)N1CCCC1c1cccnc1. The number of pyridine rings is 1. The number of nitrogens with zero attached hydrogens (tertiary/aromatic N) is 2. The number of likely N-dealkylation sites (tertiary alicyclic amines) is 1. The Hall–Kier alpha value is -1.88. The first-order valence-electron chi connectivity index (χ1n) is 6.93. The van der Waals surface area contributed by atoms with Crippen molar-refractivity contribution in [2.75, 3.05) is 12.3 Å². The normalized spacial score (nSPS) is 18.0. The van der Waals surface area contributed by atoms with Crippen LogP contribution in [0.25, 0.3) is 0 Å². The van der Waals surface area contributed by atoms with E-state index in [1.54, 1.807) is 18.3 Å². The van der Waals surface area contributed by atoms with Crippen molar-refractivity contribution in [2.45, 2.75) is 18.9 Å². The lowest BCUT2D eigenvalue weighted by Crippen LogP contribution is -2.31. The van der Waals surface area contributed by atoms with E-state index in [9.17, 15) is 4.79 Å². The van der Waals surface area contributed by atoms with Gasteiger partial charge in [-0.15, -0.1) is 0 Å². The highest BCUT2D eigenvalue weighted by Gasteiger charge is 2.31. The highest BCUT2D eigenvalue weighted by atomic mass is 79.9. The average molecular weight is 346 g/mol. The van der Waals surface area contributed by atoms with Gasteiger partial charge in [0.25, 0.3) is 5.91 Å². The molecule has 5 heteroatoms. The second kappa shape index (κ2) is 5.85. The van der Waals surface area contributed by atoms with E-state index in [0.29, 0.717) is 11.3 Å². The van der Waals surface area contributed by atoms with Crippen LogP contribution in [-0.2, 0) is 0 Å². The summed E-state index contributed by atoms with van der Waals surface area (Å²) < 4.78 is 0.877. The van der Waals surface area contributed by atoms with Crippen LogP contribution in [0.5, 0.6) is 0 Å². The lowest BCUT2D eigenvalue weighted by atomic mass is 10.1. The molecule has 2 aromatic rings. The number of hydrogen-bond donors (Lipinski definition) is 1. The molecule has 1 fully saturated rings. The molecule has 0 bridgehead atoms. The summed E-state index contributed by atoms with van der Waals surface area (Å²) in [5.41, 5.74) is 8.14. The number of nitrogen functional groups attached to an aromatic ring is 1. The van der Waals surface area contributed by atoms with E-state index in [1.165, 1.54) is 0 Å². The van der Waals surface area contributed by atoms with Crippen molar-refractivity contribution in [3.8, 4) is 0 Å². The molecule has 0 saturated carbocycles. The van der Waals surface area contributed by atoms with Crippen molar-refractivity contribution in [2.24, 2.45) is 0 Å². The summed E-state index contributed by atoms with van der Waals surface area (Å²) in [7, 11) is 0. The quantitative estimate of drug-likeness (QED) is 0.848. The Morgan fingerprint density at radius 3 is 2.95 bits per heavy atom. The summed E-state index contributed by atoms with van der Waals surface area (Å²) in [5.74, 6) is -0.00801. The molecular weight excluding hydrogens is 330 g/mol. The fourth-order valence-electron chi connectivity index (χ4n) is 2.81. The number of carbonyl (C=O) groups excluding carboxylic acids is 1. The van der Waals surface area contributed by atoms with Gasteiger partial charge in [0.15, 0.2) is 0 Å². The molecule has 2 heterocycles. The average Bonchev–Trinajstić information content (AvgIpc) is 2.97. The molecule has 0 radical (unpaired) electrons. The number of halogens is 1. The number of nitrogens with two attached hydrogens (primary N) is 1. The van der Waals surface area contributed by atoms with Crippen molar-refractivity contribution in [3.63, 3.8) is 0 Å². The van der Waals surface area contributed by atoms with Crippen molar-refractivity contribution in [1.29, 1.82) is 0 Å². The molecule has 1 saturated heterocycles. The Kier molecular flexibility index (Phi) is 3.92. The van der Waals surface area contributed by atoms with Gasteiger partial charge in [-0.2, -0.15) is 0 Å². The number of hydrogen-bond acceptors (Lipinski definition) is 3. The van der Waals surface area contributed by atoms with Crippen LogP contribution in [-0.4, -0.2) is 22.3 Å². The van der Waals surface area contributed by atoms with Gasteiger partial charge >= 0.3 is 0 Å². The van der Waals surface area contributed by atoms with Crippen LogP contribution >= 0.6 is 15.9 Å². The predicted molar refractivity (Wildman–Crippen MR) is 85.8 cm³/mol. The van der Waals surface area contributed by atoms with Crippen molar-refractivity contribution < 1.29 is 4.79 Å². The number of benzene rings is 1. The fourth-order valence-corrected chi connectivity index (χ4v) is 3.19. The number of rotatable bonds is 2. The second-order valence-electron chi connectivity index (χ2n) is 5.17. The van der Waals surface area contributed by atoms with Gasteiger partial charge in [0.2, 0.25) is 0 Å². The summed E-state index contributed by atoms with van der Waals surface area (Å²) >= 11 is 3.36. The summed E-state index contributed by atoms with van der Waals surface area (Å²) in [6.07, 6.45) is 5.55. The molecule has 108 valence electrons. The smallest absolute Gasteiger partial charge is 0.256 e. The van der Waals surface area contributed by atoms with Gasteiger partial charge < -0.3 is 10.6 Å². The van der Waals surface area contributed by atoms with Gasteiger partial charge in [0.1, 0.15) is 0 Å². The maximum atomic E-state index is 12.8. The second-order valence-corrected chi connectivity index (χ2v) is 6.09. The number of anilines is 1. The van der Waals surface area contributed by atoms with Crippen molar-refractivity contribution in [3.05, 3.63) is 58.3 Å². The maximum absolute atomic E-state index is 12.8. The fraction of sp³-hybridized carbons (Fsp3) is 0.250. The summed E-state index contributed by atoms with van der Waals surface area (Å²) in [4.78, 5) is 18.8. The molecule has 1 aromatic heterocycles. The third kappa shape index (κ3) is 2.78. The highest BCUT2D eigenvalue weighted by Crippen LogP contribution is 2.33. The highest BCUT2D eigenvalue weighted by molar-refractivity contribution is 9.10. The molecule has 21 heavy (non-hydrogen) atoms. The van der Waals surface area contributed by atoms with Crippen LogP contribution in [0.4, 0.5) is 5.69 Å². The zero-order valence-electron chi connectivity index (χ0n) is 11.5. The minimum absolute atomic E-state index is 0.00801. The Labute approximate surface area is 132 Å². The van der Waals surface area contributed by atoms with E-state index in [1.807, 2.05) is 29.3 Å². The molecule has 4 nitrogen and oxygen atoms in total. The van der Waals surface area contributed by atoms with E-state index in [2.05, 4.69) is 20.9 Å². The molecule has 1 aliphatic heterocycles. The molecule has 3 rings (SSSR count). The molecule has 1 atom stereocenters. The van der Waals surface area contributed by atoms with E-state index in [0.717, 1.165) is 29.4 Å². The third-order valence-electron chi connectivity index (χ3n) is 3.83. The molecule has 1 unspecified atom stereocenters. The molecule has 0 aliphatic carbocycles. The Morgan fingerprint density at radius 2 is 2.24 bits per heavy atom. The lowest BCUT2D eigenvalue weighted by molar-refractivity contribution is 0.0736. The van der Waals surface area contributed by atoms with Gasteiger partial charge in [-0.25, -0.2) is 0 Å². The first kappa shape index (κ1) is 14.1. The third-order valence-corrected chi connectivity index (χ3v) is 4.32.